The molecule has 0 saturated carbocycles. The summed E-state index contributed by atoms with van der Waals surface area (Å²) in [6.45, 7) is 10.0. The van der Waals surface area contributed by atoms with Gasteiger partial charge in [0, 0.05) is 30.2 Å². The quantitative estimate of drug-likeness (QED) is 0.176. The smallest absolute Gasteiger partial charge is 0.317 e. The van der Waals surface area contributed by atoms with E-state index in [0.717, 1.165) is 28.2 Å². The van der Waals surface area contributed by atoms with E-state index in [9.17, 15) is 4.79 Å². The molecule has 0 radical (unpaired) electrons. The second kappa shape index (κ2) is 13.0. The van der Waals surface area contributed by atoms with Gasteiger partial charge in [-0.05, 0) is 68.0 Å². The molecule has 2 N–H and O–H groups in total. The predicted octanol–water partition coefficient (Wildman–Crippen LogP) is 7.22. The van der Waals surface area contributed by atoms with Crippen LogP contribution in [0.15, 0.2) is 52.3 Å². The topological polar surface area (TPSA) is 91.5 Å². The molecule has 7 nitrogen and oxygen atoms in total. The van der Waals surface area contributed by atoms with Crippen LogP contribution in [0, 0.1) is 0 Å². The molecule has 0 atom stereocenters. The molecule has 2 heterocycles. The number of thiazole rings is 1. The first-order valence-electron chi connectivity index (χ1n) is 13.5. The number of rotatable bonds is 14. The van der Waals surface area contributed by atoms with Crippen molar-refractivity contribution >= 4 is 34.1 Å². The third kappa shape index (κ3) is 6.99. The molecule has 0 aliphatic carbocycles. The van der Waals surface area contributed by atoms with Gasteiger partial charge in [0.15, 0.2) is 5.58 Å². The molecule has 0 saturated heterocycles. The number of benzene rings is 2. The fraction of sp³-hybridized carbons (Fsp3) is 0.433. The highest BCUT2D eigenvalue weighted by molar-refractivity contribution is 7.09. The van der Waals surface area contributed by atoms with E-state index in [0.29, 0.717) is 30.1 Å². The number of hydrogen-bond donors (Lipinski definition) is 2. The SMILES string of the molecule is CCCC(CCC)c1ccc(N(Cc2ccc3nc(-c4csc(CNCC(=O)O)n4)oc3c2)C(C)C)cc1. The number of carboxylic acid groups (broad SMARTS) is 1. The Bertz CT molecular complexity index is 1320. The molecule has 0 aliphatic rings. The van der Waals surface area contributed by atoms with Crippen molar-refractivity contribution in [1.82, 2.24) is 15.3 Å². The maximum absolute atomic E-state index is 10.7. The minimum Gasteiger partial charge on any atom is -0.480 e. The minimum absolute atomic E-state index is 0.101. The summed E-state index contributed by atoms with van der Waals surface area (Å²) in [5.41, 5.74) is 6.01. The summed E-state index contributed by atoms with van der Waals surface area (Å²) in [7, 11) is 0. The van der Waals surface area contributed by atoms with Crippen LogP contribution in [-0.2, 0) is 17.9 Å². The van der Waals surface area contributed by atoms with Crippen molar-refractivity contribution in [1.29, 1.82) is 0 Å². The van der Waals surface area contributed by atoms with Crippen LogP contribution in [0.5, 0.6) is 0 Å². The van der Waals surface area contributed by atoms with E-state index in [1.165, 1.54) is 48.3 Å². The van der Waals surface area contributed by atoms with Gasteiger partial charge in [-0.25, -0.2) is 9.97 Å². The summed E-state index contributed by atoms with van der Waals surface area (Å²) < 4.78 is 6.09. The number of carbonyl (C=O) groups is 1. The fourth-order valence-electron chi connectivity index (χ4n) is 4.82. The van der Waals surface area contributed by atoms with Crippen molar-refractivity contribution in [3.8, 4) is 11.6 Å². The van der Waals surface area contributed by atoms with Gasteiger partial charge < -0.3 is 19.7 Å². The van der Waals surface area contributed by atoms with Gasteiger partial charge in [0.25, 0.3) is 0 Å². The van der Waals surface area contributed by atoms with Crippen molar-refractivity contribution in [2.75, 3.05) is 11.4 Å². The van der Waals surface area contributed by atoms with Gasteiger partial charge in [-0.2, -0.15) is 0 Å². The molecule has 38 heavy (non-hydrogen) atoms. The lowest BCUT2D eigenvalue weighted by molar-refractivity contribution is -0.136. The average Bonchev–Trinajstić information content (AvgIpc) is 3.54. The first kappa shape index (κ1) is 27.8. The Morgan fingerprint density at radius 1 is 1.08 bits per heavy atom. The van der Waals surface area contributed by atoms with Gasteiger partial charge in [-0.3, -0.25) is 4.79 Å². The molecule has 0 spiro atoms. The molecule has 0 fully saturated rings. The monoisotopic (exact) mass is 534 g/mol. The van der Waals surface area contributed by atoms with Crippen molar-refractivity contribution in [2.24, 2.45) is 0 Å². The van der Waals surface area contributed by atoms with E-state index in [2.05, 4.69) is 84.3 Å². The molecule has 4 rings (SSSR count). The van der Waals surface area contributed by atoms with Crippen molar-refractivity contribution in [3.05, 3.63) is 64.0 Å². The maximum Gasteiger partial charge on any atom is 0.317 e. The number of aromatic nitrogens is 2. The van der Waals surface area contributed by atoms with Crippen LogP contribution >= 0.6 is 11.3 Å². The van der Waals surface area contributed by atoms with Crippen LogP contribution in [0.1, 0.15) is 75.4 Å². The van der Waals surface area contributed by atoms with Crippen LogP contribution in [-0.4, -0.2) is 33.6 Å². The second-order valence-electron chi connectivity index (χ2n) is 10.0. The van der Waals surface area contributed by atoms with Gasteiger partial charge >= 0.3 is 5.97 Å². The number of aliphatic carboxylic acids is 1. The second-order valence-corrected chi connectivity index (χ2v) is 11.0. The summed E-state index contributed by atoms with van der Waals surface area (Å²) in [5.74, 6) is 0.226. The Morgan fingerprint density at radius 2 is 1.82 bits per heavy atom. The molecule has 0 amide bonds. The third-order valence-electron chi connectivity index (χ3n) is 6.72. The van der Waals surface area contributed by atoms with Gasteiger partial charge in [-0.15, -0.1) is 11.3 Å². The summed E-state index contributed by atoms with van der Waals surface area (Å²) in [6, 6.07) is 15.7. The summed E-state index contributed by atoms with van der Waals surface area (Å²) in [4.78, 5) is 22.3. The lowest BCUT2D eigenvalue weighted by Crippen LogP contribution is -2.30. The predicted molar refractivity (Wildman–Crippen MR) is 155 cm³/mol. The van der Waals surface area contributed by atoms with E-state index in [1.807, 2.05) is 11.4 Å². The Labute approximate surface area is 228 Å². The Morgan fingerprint density at radius 3 is 2.47 bits per heavy atom. The molecule has 0 bridgehead atoms. The van der Waals surface area contributed by atoms with Crippen LogP contribution in [0.4, 0.5) is 5.69 Å². The number of nitrogens with zero attached hydrogens (tertiary/aromatic N) is 3. The molecule has 202 valence electrons. The maximum atomic E-state index is 10.7. The largest absolute Gasteiger partial charge is 0.480 e. The van der Waals surface area contributed by atoms with Gasteiger partial charge in [0.2, 0.25) is 5.89 Å². The molecule has 0 unspecified atom stereocenters. The van der Waals surface area contributed by atoms with Crippen molar-refractivity contribution in [2.45, 2.75) is 78.4 Å². The fourth-order valence-corrected chi connectivity index (χ4v) is 5.56. The zero-order chi connectivity index (χ0) is 27.1. The third-order valence-corrected chi connectivity index (χ3v) is 7.57. The highest BCUT2D eigenvalue weighted by Crippen LogP contribution is 2.30. The average molecular weight is 535 g/mol. The first-order valence-corrected chi connectivity index (χ1v) is 14.4. The Balaban J connectivity index is 1.48. The van der Waals surface area contributed by atoms with Gasteiger partial charge in [0.1, 0.15) is 16.2 Å². The highest BCUT2D eigenvalue weighted by atomic mass is 32.1. The molecular formula is C30H38N4O3S. The van der Waals surface area contributed by atoms with E-state index in [-0.39, 0.29) is 6.54 Å². The molecule has 0 aliphatic heterocycles. The van der Waals surface area contributed by atoms with Crippen LogP contribution in [0.25, 0.3) is 22.7 Å². The van der Waals surface area contributed by atoms with Crippen molar-refractivity contribution in [3.63, 3.8) is 0 Å². The number of anilines is 1. The highest BCUT2D eigenvalue weighted by Gasteiger charge is 2.16. The lowest BCUT2D eigenvalue weighted by atomic mass is 9.90. The molecule has 2 aromatic heterocycles. The normalized spacial score (nSPS) is 11.6. The van der Waals surface area contributed by atoms with E-state index >= 15 is 0 Å². The number of oxazole rings is 1. The summed E-state index contributed by atoms with van der Waals surface area (Å²) >= 11 is 1.45. The summed E-state index contributed by atoms with van der Waals surface area (Å²) in [6.07, 6.45) is 4.90. The zero-order valence-electron chi connectivity index (χ0n) is 22.7. The van der Waals surface area contributed by atoms with Gasteiger partial charge in [0.05, 0.1) is 6.54 Å². The standard InChI is InChI=1S/C30H38N4O3S/c1-5-7-22(8-6-2)23-10-12-24(13-11-23)34(20(3)4)18-21-9-14-25-27(15-21)37-30(33-25)26-19-38-28(32-26)16-31-17-29(35)36/h9-15,19-20,22,31H,5-8,16-18H2,1-4H3,(H,35,36). The van der Waals surface area contributed by atoms with Crippen molar-refractivity contribution < 1.29 is 14.3 Å². The first-order chi connectivity index (χ1) is 18.4. The zero-order valence-corrected chi connectivity index (χ0v) is 23.6. The summed E-state index contributed by atoms with van der Waals surface area (Å²) in [5, 5.41) is 14.3. The van der Waals surface area contributed by atoms with Crippen LogP contribution in [0.3, 0.4) is 0 Å². The number of nitrogens with one attached hydrogen (secondary N) is 1. The van der Waals surface area contributed by atoms with Gasteiger partial charge in [-0.1, -0.05) is 44.9 Å². The number of carboxylic acids is 1. The molecule has 2 aromatic carbocycles. The Kier molecular flexibility index (Phi) is 9.53. The number of fused-ring (bicyclic) bond motifs is 1. The molecule has 4 aromatic rings. The van der Waals surface area contributed by atoms with E-state index in [1.54, 1.807) is 0 Å². The number of hydrogen-bond acceptors (Lipinski definition) is 7. The Hall–Kier alpha value is -3.23. The van der Waals surface area contributed by atoms with E-state index in [4.69, 9.17) is 9.52 Å². The lowest BCUT2D eigenvalue weighted by Gasteiger charge is -2.29. The molecular weight excluding hydrogens is 496 g/mol. The molecule has 8 heteroatoms. The van der Waals surface area contributed by atoms with Crippen LogP contribution in [0.2, 0.25) is 0 Å². The minimum atomic E-state index is -0.892. The van der Waals surface area contributed by atoms with Crippen LogP contribution < -0.4 is 10.2 Å². The van der Waals surface area contributed by atoms with E-state index < -0.39 is 5.97 Å².